The summed E-state index contributed by atoms with van der Waals surface area (Å²) in [6.45, 7) is 8.04. The number of nitrogens with zero attached hydrogens (tertiary/aromatic N) is 2. The zero-order valence-electron chi connectivity index (χ0n) is 10.4. The van der Waals surface area contributed by atoms with Crippen molar-refractivity contribution >= 4 is 0 Å². The van der Waals surface area contributed by atoms with Crippen molar-refractivity contribution in [2.75, 3.05) is 32.8 Å². The van der Waals surface area contributed by atoms with E-state index < -0.39 is 0 Å². The molecule has 17 heavy (non-hydrogen) atoms. The molecule has 0 unspecified atom stereocenters. The van der Waals surface area contributed by atoms with Gasteiger partial charge < -0.3 is 10.1 Å². The van der Waals surface area contributed by atoms with Gasteiger partial charge in [0.15, 0.2) is 0 Å². The summed E-state index contributed by atoms with van der Waals surface area (Å²) in [6.07, 6.45) is 4.01. The van der Waals surface area contributed by atoms with E-state index in [9.17, 15) is 0 Å². The second-order valence-electron chi connectivity index (χ2n) is 4.38. The van der Waals surface area contributed by atoms with Crippen molar-refractivity contribution in [2.24, 2.45) is 0 Å². The predicted molar refractivity (Wildman–Crippen MR) is 67.8 cm³/mol. The summed E-state index contributed by atoms with van der Waals surface area (Å²) in [5.74, 6) is 0. The molecule has 4 nitrogen and oxygen atoms in total. The average molecular weight is 235 g/mol. The molecule has 94 valence electrons. The lowest BCUT2D eigenvalue weighted by Crippen LogP contribution is -2.46. The number of hydrogen-bond acceptors (Lipinski definition) is 4. The molecule has 0 aliphatic carbocycles. The number of pyridine rings is 1. The zero-order chi connectivity index (χ0) is 11.9. The summed E-state index contributed by atoms with van der Waals surface area (Å²) >= 11 is 0. The third-order valence-corrected chi connectivity index (χ3v) is 3.09. The quantitative estimate of drug-likeness (QED) is 0.822. The number of likely N-dealkylation sites (N-methyl/N-ethyl adjacent to an activating group) is 1. The third-order valence-electron chi connectivity index (χ3n) is 3.09. The number of ether oxygens (including phenoxy) is 1. The average Bonchev–Trinajstić information content (AvgIpc) is 2.40. The molecule has 1 aliphatic rings. The van der Waals surface area contributed by atoms with Gasteiger partial charge in [0.2, 0.25) is 0 Å². The molecule has 2 rings (SSSR count). The third kappa shape index (κ3) is 4.07. The highest BCUT2D eigenvalue weighted by molar-refractivity contribution is 5.07. The Morgan fingerprint density at radius 1 is 1.59 bits per heavy atom. The van der Waals surface area contributed by atoms with Crippen LogP contribution in [0.5, 0.6) is 0 Å². The minimum absolute atomic E-state index is 0.320. The van der Waals surface area contributed by atoms with Gasteiger partial charge in [-0.05, 0) is 18.2 Å². The van der Waals surface area contributed by atoms with Crippen LogP contribution in [-0.2, 0) is 11.3 Å². The molecule has 2 heterocycles. The smallest absolute Gasteiger partial charge is 0.0826 e. The van der Waals surface area contributed by atoms with E-state index >= 15 is 0 Å². The first-order valence-electron chi connectivity index (χ1n) is 6.32. The molecule has 1 atom stereocenters. The Morgan fingerprint density at radius 2 is 2.53 bits per heavy atom. The maximum absolute atomic E-state index is 5.73. The van der Waals surface area contributed by atoms with Crippen LogP contribution in [0.2, 0.25) is 0 Å². The van der Waals surface area contributed by atoms with Crippen LogP contribution in [0.15, 0.2) is 24.5 Å². The summed E-state index contributed by atoms with van der Waals surface area (Å²) in [4.78, 5) is 6.53. The SMILES string of the molecule is CCN1CCO[C@H](CNCc2cccnc2)C1. The van der Waals surface area contributed by atoms with Gasteiger partial charge >= 0.3 is 0 Å². The van der Waals surface area contributed by atoms with Crippen molar-refractivity contribution in [3.8, 4) is 0 Å². The van der Waals surface area contributed by atoms with Gasteiger partial charge in [-0.15, -0.1) is 0 Å². The molecule has 1 aromatic heterocycles. The van der Waals surface area contributed by atoms with Crippen LogP contribution >= 0.6 is 0 Å². The molecule has 0 aromatic carbocycles. The maximum Gasteiger partial charge on any atom is 0.0826 e. The van der Waals surface area contributed by atoms with Gasteiger partial charge in [-0.25, -0.2) is 0 Å². The predicted octanol–water partition coefficient (Wildman–Crippen LogP) is 0.892. The monoisotopic (exact) mass is 235 g/mol. The highest BCUT2D eigenvalue weighted by atomic mass is 16.5. The fourth-order valence-electron chi connectivity index (χ4n) is 2.07. The Labute approximate surface area is 103 Å². The Morgan fingerprint density at radius 3 is 3.29 bits per heavy atom. The number of morpholine rings is 1. The van der Waals surface area contributed by atoms with Gasteiger partial charge in [0.1, 0.15) is 0 Å². The molecule has 1 saturated heterocycles. The normalized spacial score (nSPS) is 21.6. The van der Waals surface area contributed by atoms with Crippen LogP contribution in [0.3, 0.4) is 0 Å². The van der Waals surface area contributed by atoms with E-state index in [2.05, 4.69) is 28.2 Å². The standard InChI is InChI=1S/C13H21N3O/c1-2-16-6-7-17-13(11-16)10-15-9-12-4-3-5-14-8-12/h3-5,8,13,15H,2,6-7,9-11H2,1H3/t13-/m1/s1. The molecule has 0 radical (unpaired) electrons. The molecule has 0 bridgehead atoms. The number of hydrogen-bond donors (Lipinski definition) is 1. The molecule has 0 amide bonds. The van der Waals surface area contributed by atoms with Gasteiger partial charge in [-0.3, -0.25) is 9.88 Å². The molecule has 1 aromatic rings. The minimum Gasteiger partial charge on any atom is -0.374 e. The van der Waals surface area contributed by atoms with E-state index in [-0.39, 0.29) is 0 Å². The molecule has 1 fully saturated rings. The van der Waals surface area contributed by atoms with E-state index in [1.807, 2.05) is 12.3 Å². The van der Waals surface area contributed by atoms with Crippen molar-refractivity contribution < 1.29 is 4.74 Å². The minimum atomic E-state index is 0.320. The fraction of sp³-hybridized carbons (Fsp3) is 0.615. The highest BCUT2D eigenvalue weighted by Crippen LogP contribution is 2.04. The van der Waals surface area contributed by atoms with Gasteiger partial charge in [0.05, 0.1) is 12.7 Å². The van der Waals surface area contributed by atoms with Crippen LogP contribution in [0.25, 0.3) is 0 Å². The molecule has 1 aliphatic heterocycles. The second kappa shape index (κ2) is 6.69. The van der Waals surface area contributed by atoms with Crippen molar-refractivity contribution in [2.45, 2.75) is 19.6 Å². The zero-order valence-corrected chi connectivity index (χ0v) is 10.4. The second-order valence-corrected chi connectivity index (χ2v) is 4.38. The number of rotatable bonds is 5. The summed E-state index contributed by atoms with van der Waals surface area (Å²) in [6, 6.07) is 4.05. The lowest BCUT2D eigenvalue weighted by Gasteiger charge is -2.32. The van der Waals surface area contributed by atoms with Crippen LogP contribution in [0.4, 0.5) is 0 Å². The topological polar surface area (TPSA) is 37.4 Å². The van der Waals surface area contributed by atoms with Crippen LogP contribution in [0, 0.1) is 0 Å². The summed E-state index contributed by atoms with van der Waals surface area (Å²) in [7, 11) is 0. The van der Waals surface area contributed by atoms with Crippen molar-refractivity contribution in [1.29, 1.82) is 0 Å². The first-order chi connectivity index (χ1) is 8.38. The molecule has 1 N–H and O–H groups in total. The molecule has 0 spiro atoms. The summed E-state index contributed by atoms with van der Waals surface area (Å²) in [5, 5.41) is 3.42. The summed E-state index contributed by atoms with van der Waals surface area (Å²) < 4.78 is 5.73. The van der Waals surface area contributed by atoms with Gasteiger partial charge in [0.25, 0.3) is 0 Å². The van der Waals surface area contributed by atoms with Gasteiger partial charge in [-0.2, -0.15) is 0 Å². The maximum atomic E-state index is 5.73. The van der Waals surface area contributed by atoms with Crippen LogP contribution < -0.4 is 5.32 Å². The summed E-state index contributed by atoms with van der Waals surface area (Å²) in [5.41, 5.74) is 1.22. The molecule has 0 saturated carbocycles. The van der Waals surface area contributed by atoms with Crippen molar-refractivity contribution in [3.63, 3.8) is 0 Å². The number of aromatic nitrogens is 1. The molecular formula is C13H21N3O. The van der Waals surface area contributed by atoms with Crippen molar-refractivity contribution in [3.05, 3.63) is 30.1 Å². The Hall–Kier alpha value is -0.970. The van der Waals surface area contributed by atoms with Gasteiger partial charge in [0, 0.05) is 38.6 Å². The van der Waals surface area contributed by atoms with E-state index in [1.165, 1.54) is 5.56 Å². The van der Waals surface area contributed by atoms with E-state index in [1.54, 1.807) is 6.20 Å². The molecular weight excluding hydrogens is 214 g/mol. The Kier molecular flexibility index (Phi) is 4.91. The lowest BCUT2D eigenvalue weighted by atomic mass is 10.2. The van der Waals surface area contributed by atoms with Crippen LogP contribution in [0.1, 0.15) is 12.5 Å². The molecule has 4 heteroatoms. The first kappa shape index (κ1) is 12.5. The van der Waals surface area contributed by atoms with Gasteiger partial charge in [-0.1, -0.05) is 13.0 Å². The first-order valence-corrected chi connectivity index (χ1v) is 6.32. The highest BCUT2D eigenvalue weighted by Gasteiger charge is 2.18. The lowest BCUT2D eigenvalue weighted by molar-refractivity contribution is -0.0253. The van der Waals surface area contributed by atoms with Crippen LogP contribution in [-0.4, -0.2) is 48.8 Å². The van der Waals surface area contributed by atoms with E-state index in [0.717, 1.165) is 39.3 Å². The largest absolute Gasteiger partial charge is 0.374 e. The Balaban J connectivity index is 1.68. The van der Waals surface area contributed by atoms with E-state index in [4.69, 9.17) is 4.74 Å². The fourth-order valence-corrected chi connectivity index (χ4v) is 2.07. The Bertz CT molecular complexity index is 318. The number of nitrogens with one attached hydrogen (secondary N) is 1. The van der Waals surface area contributed by atoms with Crippen molar-refractivity contribution in [1.82, 2.24) is 15.2 Å². The van der Waals surface area contributed by atoms with E-state index in [0.29, 0.717) is 6.10 Å².